The van der Waals surface area contributed by atoms with E-state index in [4.69, 9.17) is 4.52 Å². The summed E-state index contributed by atoms with van der Waals surface area (Å²) in [5, 5.41) is 0.516. The zero-order valence-corrected chi connectivity index (χ0v) is 13.1. The molecule has 2 aromatic carbocycles. The lowest BCUT2D eigenvalue weighted by Gasteiger charge is -2.30. The molecule has 0 saturated carbocycles. The third kappa shape index (κ3) is 2.54. The molecule has 2 amide bonds. The van der Waals surface area contributed by atoms with Crippen LogP contribution in [0, 0.1) is 0 Å². The third-order valence-corrected chi connectivity index (χ3v) is 5.96. The maximum Gasteiger partial charge on any atom is 0.334 e. The SMILES string of the molecule is CN1CCOP(=O)(c2ccccc2)N(c2ccccc2)C1=O. The van der Waals surface area contributed by atoms with Crippen molar-refractivity contribution in [2.75, 3.05) is 24.9 Å². The Balaban J connectivity index is 2.17. The number of rotatable bonds is 2. The van der Waals surface area contributed by atoms with E-state index < -0.39 is 7.52 Å². The second-order valence-corrected chi connectivity index (χ2v) is 7.26. The number of likely N-dealkylation sites (N-methyl/N-ethyl adjacent to an activating group) is 1. The number of urea groups is 1. The number of nitrogens with zero attached hydrogens (tertiary/aromatic N) is 2. The van der Waals surface area contributed by atoms with Crippen LogP contribution in [0.2, 0.25) is 0 Å². The van der Waals surface area contributed by atoms with E-state index in [2.05, 4.69) is 0 Å². The van der Waals surface area contributed by atoms with E-state index in [1.807, 2.05) is 24.3 Å². The first-order valence-electron chi connectivity index (χ1n) is 7.04. The van der Waals surface area contributed by atoms with Gasteiger partial charge in [-0.05, 0) is 24.3 Å². The summed E-state index contributed by atoms with van der Waals surface area (Å²) >= 11 is 0. The predicted molar refractivity (Wildman–Crippen MR) is 86.6 cm³/mol. The van der Waals surface area contributed by atoms with Crippen LogP contribution >= 0.6 is 7.52 Å². The Labute approximate surface area is 129 Å². The minimum atomic E-state index is -3.49. The number of carbonyl (C=O) groups is 1. The standard InChI is InChI=1S/C16H17N2O3P/c1-17-12-13-21-22(20,15-10-6-3-7-11-15)18(16(17)19)14-8-4-2-5-9-14/h2-11H,12-13H2,1H3. The molecule has 1 aliphatic rings. The molecule has 1 unspecified atom stereocenters. The lowest BCUT2D eigenvalue weighted by Crippen LogP contribution is -2.39. The first-order chi connectivity index (χ1) is 10.6. The topological polar surface area (TPSA) is 49.9 Å². The van der Waals surface area contributed by atoms with Gasteiger partial charge in [-0.15, -0.1) is 0 Å². The van der Waals surface area contributed by atoms with Crippen molar-refractivity contribution in [2.24, 2.45) is 0 Å². The van der Waals surface area contributed by atoms with Crippen LogP contribution in [0.15, 0.2) is 60.7 Å². The van der Waals surface area contributed by atoms with E-state index in [-0.39, 0.29) is 12.6 Å². The molecule has 3 rings (SSSR count). The Kier molecular flexibility index (Phi) is 4.01. The summed E-state index contributed by atoms with van der Waals surface area (Å²) in [7, 11) is -1.81. The van der Waals surface area contributed by atoms with Crippen LogP contribution in [0.1, 0.15) is 0 Å². The quantitative estimate of drug-likeness (QED) is 0.800. The molecule has 1 saturated heterocycles. The molecule has 1 heterocycles. The molecule has 0 radical (unpaired) electrons. The minimum absolute atomic E-state index is 0.234. The maximum absolute atomic E-state index is 13.6. The summed E-state index contributed by atoms with van der Waals surface area (Å²) < 4.78 is 20.6. The van der Waals surface area contributed by atoms with Crippen LogP contribution in [-0.2, 0) is 9.09 Å². The van der Waals surface area contributed by atoms with Crippen molar-refractivity contribution in [2.45, 2.75) is 0 Å². The normalized spacial score (nSPS) is 22.5. The number of benzene rings is 2. The van der Waals surface area contributed by atoms with Gasteiger partial charge in [-0.3, -0.25) is 4.57 Å². The number of para-hydroxylation sites is 1. The van der Waals surface area contributed by atoms with E-state index in [1.165, 1.54) is 9.57 Å². The first kappa shape index (κ1) is 14.8. The van der Waals surface area contributed by atoms with E-state index in [9.17, 15) is 9.36 Å². The monoisotopic (exact) mass is 316 g/mol. The van der Waals surface area contributed by atoms with E-state index in [1.54, 1.807) is 43.4 Å². The largest absolute Gasteiger partial charge is 0.334 e. The fourth-order valence-electron chi connectivity index (χ4n) is 2.37. The van der Waals surface area contributed by atoms with Crippen LogP contribution in [0.4, 0.5) is 10.5 Å². The molecule has 0 N–H and O–H groups in total. The van der Waals surface area contributed by atoms with Crippen LogP contribution in [0.5, 0.6) is 0 Å². The fourth-order valence-corrected chi connectivity index (χ4v) is 4.56. The lowest BCUT2D eigenvalue weighted by molar-refractivity contribution is 0.215. The molecule has 22 heavy (non-hydrogen) atoms. The first-order valence-corrected chi connectivity index (χ1v) is 8.61. The van der Waals surface area contributed by atoms with Gasteiger partial charge in [-0.25, -0.2) is 9.46 Å². The Bertz CT molecular complexity index is 706. The Morgan fingerprint density at radius 2 is 1.59 bits per heavy atom. The third-order valence-electron chi connectivity index (χ3n) is 3.55. The second-order valence-electron chi connectivity index (χ2n) is 5.04. The number of carbonyl (C=O) groups excluding carboxylic acids is 1. The highest BCUT2D eigenvalue weighted by atomic mass is 31.2. The van der Waals surface area contributed by atoms with E-state index in [0.29, 0.717) is 17.5 Å². The maximum atomic E-state index is 13.6. The van der Waals surface area contributed by atoms with E-state index >= 15 is 0 Å². The van der Waals surface area contributed by atoms with Crippen molar-refractivity contribution >= 4 is 24.5 Å². The van der Waals surface area contributed by atoms with Gasteiger partial charge in [0.2, 0.25) is 0 Å². The van der Waals surface area contributed by atoms with E-state index in [0.717, 1.165) is 0 Å². The number of anilines is 1. The molecular weight excluding hydrogens is 299 g/mol. The predicted octanol–water partition coefficient (Wildman–Crippen LogP) is 3.09. The van der Waals surface area contributed by atoms with Crippen LogP contribution < -0.4 is 9.97 Å². The number of hydrogen-bond acceptors (Lipinski definition) is 3. The smallest absolute Gasteiger partial charge is 0.325 e. The summed E-state index contributed by atoms with van der Waals surface area (Å²) in [5.74, 6) is 0. The van der Waals surface area contributed by atoms with Gasteiger partial charge in [-0.1, -0.05) is 36.4 Å². The molecule has 114 valence electrons. The molecule has 2 aromatic rings. The Morgan fingerprint density at radius 3 is 2.23 bits per heavy atom. The molecule has 0 bridgehead atoms. The lowest BCUT2D eigenvalue weighted by atomic mass is 10.3. The van der Waals surface area contributed by atoms with Crippen molar-refractivity contribution in [3.8, 4) is 0 Å². The average Bonchev–Trinajstić information content (AvgIpc) is 2.67. The summed E-state index contributed by atoms with van der Waals surface area (Å²) in [4.78, 5) is 14.3. The van der Waals surface area contributed by atoms with Crippen molar-refractivity contribution < 1.29 is 13.9 Å². The molecule has 0 aliphatic carbocycles. The molecule has 0 spiro atoms. The highest BCUT2D eigenvalue weighted by Gasteiger charge is 2.42. The zero-order chi connectivity index (χ0) is 15.6. The number of hydrogen-bond donors (Lipinski definition) is 0. The average molecular weight is 316 g/mol. The fraction of sp³-hybridized carbons (Fsp3) is 0.188. The number of amides is 2. The molecule has 1 aliphatic heterocycles. The Hall–Kier alpha value is -2.10. The molecule has 6 heteroatoms. The Morgan fingerprint density at radius 1 is 1.00 bits per heavy atom. The summed E-state index contributed by atoms with van der Waals surface area (Å²) in [6, 6.07) is 17.6. The van der Waals surface area contributed by atoms with Gasteiger partial charge in [0, 0.05) is 13.6 Å². The molecule has 1 atom stereocenters. The van der Waals surface area contributed by atoms with Gasteiger partial charge in [0.1, 0.15) is 0 Å². The van der Waals surface area contributed by atoms with Gasteiger partial charge in [0.15, 0.2) is 0 Å². The van der Waals surface area contributed by atoms with Crippen molar-refractivity contribution in [3.63, 3.8) is 0 Å². The minimum Gasteiger partial charge on any atom is -0.325 e. The summed E-state index contributed by atoms with van der Waals surface area (Å²) in [6.07, 6.45) is 0. The molecule has 5 nitrogen and oxygen atoms in total. The van der Waals surface area contributed by atoms with Crippen LogP contribution in [-0.4, -0.2) is 31.1 Å². The molecular formula is C16H17N2O3P. The molecule has 1 fully saturated rings. The highest BCUT2D eigenvalue weighted by molar-refractivity contribution is 7.69. The van der Waals surface area contributed by atoms with Crippen LogP contribution in [0.25, 0.3) is 0 Å². The molecule has 0 aromatic heterocycles. The van der Waals surface area contributed by atoms with Gasteiger partial charge in [0.05, 0.1) is 17.6 Å². The zero-order valence-electron chi connectivity index (χ0n) is 12.3. The van der Waals surface area contributed by atoms with Crippen molar-refractivity contribution in [1.82, 2.24) is 4.90 Å². The van der Waals surface area contributed by atoms with Gasteiger partial charge >= 0.3 is 13.6 Å². The summed E-state index contributed by atoms with van der Waals surface area (Å²) in [5.41, 5.74) is 0.563. The van der Waals surface area contributed by atoms with Crippen molar-refractivity contribution in [3.05, 3.63) is 60.7 Å². The summed E-state index contributed by atoms with van der Waals surface area (Å²) in [6.45, 7) is 0.636. The second kappa shape index (κ2) is 5.95. The highest BCUT2D eigenvalue weighted by Crippen LogP contribution is 2.53. The van der Waals surface area contributed by atoms with Gasteiger partial charge in [0.25, 0.3) is 0 Å². The van der Waals surface area contributed by atoms with Crippen LogP contribution in [0.3, 0.4) is 0 Å². The van der Waals surface area contributed by atoms with Gasteiger partial charge in [-0.2, -0.15) is 0 Å². The van der Waals surface area contributed by atoms with Crippen molar-refractivity contribution in [1.29, 1.82) is 0 Å². The van der Waals surface area contributed by atoms with Gasteiger partial charge < -0.3 is 9.42 Å².